The molecule has 0 bridgehead atoms. The molecule has 0 rings (SSSR count). The SMILES string of the molecule is [O-][P+]([O-])([O-])O.[Rh+2]. The first-order valence-corrected chi connectivity index (χ1v) is 2.24. The third kappa shape index (κ3) is 92.9. The Labute approximate surface area is 47.9 Å². The maximum atomic E-state index is 8.66. The van der Waals surface area contributed by atoms with E-state index in [4.69, 9.17) is 19.6 Å². The molecular formula is HO4PRh. The molecule has 0 spiro atoms. The fourth-order valence-electron chi connectivity index (χ4n) is 0. The minimum atomic E-state index is -5.14. The van der Waals surface area contributed by atoms with E-state index in [0.29, 0.717) is 0 Å². The van der Waals surface area contributed by atoms with Gasteiger partial charge in [0, 0.05) is 0 Å². The Morgan fingerprint density at radius 1 is 1.17 bits per heavy atom. The van der Waals surface area contributed by atoms with Crippen LogP contribution in [0.2, 0.25) is 0 Å². The first kappa shape index (κ1) is 10.00. The van der Waals surface area contributed by atoms with Crippen LogP contribution >= 0.6 is 8.17 Å². The average molecular weight is 199 g/mol. The van der Waals surface area contributed by atoms with Crippen LogP contribution in [0.1, 0.15) is 0 Å². The molecule has 6 heavy (non-hydrogen) atoms. The summed E-state index contributed by atoms with van der Waals surface area (Å²) in [6, 6.07) is 0. The molecule has 0 unspecified atom stereocenters. The van der Waals surface area contributed by atoms with Gasteiger partial charge in [-0.1, -0.05) is 0 Å². The third-order valence-corrected chi connectivity index (χ3v) is 0. The zero-order valence-electron chi connectivity index (χ0n) is 2.45. The van der Waals surface area contributed by atoms with E-state index >= 15 is 0 Å². The van der Waals surface area contributed by atoms with Gasteiger partial charge in [-0.2, -0.15) is 0 Å². The number of hydrogen-bond acceptors (Lipinski definition) is 4. The number of phosphoric acid groups is 1. The van der Waals surface area contributed by atoms with Gasteiger partial charge in [-0.3, -0.25) is 4.89 Å². The van der Waals surface area contributed by atoms with Crippen molar-refractivity contribution in [1.82, 2.24) is 0 Å². The summed E-state index contributed by atoms with van der Waals surface area (Å²) in [7, 11) is -5.14. The Kier molecular flexibility index (Phi) is 4.95. The molecule has 0 aromatic heterocycles. The van der Waals surface area contributed by atoms with E-state index in [9.17, 15) is 0 Å². The Hall–Kier alpha value is 0.893. The number of rotatable bonds is 0. The summed E-state index contributed by atoms with van der Waals surface area (Å²) in [5.74, 6) is 0. The van der Waals surface area contributed by atoms with Crippen molar-refractivity contribution in [2.75, 3.05) is 0 Å². The normalized spacial score (nSPS) is 10.0. The third-order valence-electron chi connectivity index (χ3n) is 0. The van der Waals surface area contributed by atoms with Crippen LogP contribution in [0.25, 0.3) is 0 Å². The van der Waals surface area contributed by atoms with Crippen molar-refractivity contribution in [2.24, 2.45) is 0 Å². The molecule has 4 nitrogen and oxygen atoms in total. The summed E-state index contributed by atoms with van der Waals surface area (Å²) in [5.41, 5.74) is 0. The fourth-order valence-corrected chi connectivity index (χ4v) is 0. The molecule has 0 atom stereocenters. The van der Waals surface area contributed by atoms with Gasteiger partial charge < -0.3 is 14.7 Å². The van der Waals surface area contributed by atoms with Crippen molar-refractivity contribution < 1.29 is 39.1 Å². The van der Waals surface area contributed by atoms with E-state index < -0.39 is 8.17 Å². The van der Waals surface area contributed by atoms with Crippen molar-refractivity contribution in [3.05, 3.63) is 0 Å². The van der Waals surface area contributed by atoms with Crippen LogP contribution in [0.3, 0.4) is 0 Å². The molecule has 0 amide bonds. The van der Waals surface area contributed by atoms with E-state index in [-0.39, 0.29) is 19.5 Å². The molecule has 1 radical (unpaired) electrons. The zero-order chi connectivity index (χ0) is 4.50. The van der Waals surface area contributed by atoms with Gasteiger partial charge in [0.2, 0.25) is 0 Å². The topological polar surface area (TPSA) is 89.4 Å². The second kappa shape index (κ2) is 2.97. The molecule has 0 heterocycles. The molecule has 0 saturated carbocycles. The van der Waals surface area contributed by atoms with Gasteiger partial charge in [0.15, 0.2) is 0 Å². The van der Waals surface area contributed by atoms with E-state index in [0.717, 1.165) is 0 Å². The number of hydrogen-bond donors (Lipinski definition) is 1. The van der Waals surface area contributed by atoms with Crippen LogP contribution in [0, 0.1) is 0 Å². The largest absolute Gasteiger partial charge is 2.00 e. The second-order valence-electron chi connectivity index (χ2n) is 0.469. The molecule has 0 saturated heterocycles. The molecule has 0 aliphatic rings. The minimum absolute atomic E-state index is 0. The van der Waals surface area contributed by atoms with Crippen LogP contribution < -0.4 is 14.7 Å². The minimum Gasteiger partial charge on any atom is -0.663 e. The molecule has 0 fully saturated rings. The van der Waals surface area contributed by atoms with Gasteiger partial charge in [-0.25, -0.2) is 0 Å². The van der Waals surface area contributed by atoms with Crippen LogP contribution in [0.15, 0.2) is 0 Å². The summed E-state index contributed by atoms with van der Waals surface area (Å²) in [6.07, 6.45) is 0. The molecule has 0 aromatic carbocycles. The van der Waals surface area contributed by atoms with Gasteiger partial charge in [-0.05, 0) is 8.17 Å². The zero-order valence-corrected chi connectivity index (χ0v) is 4.99. The van der Waals surface area contributed by atoms with E-state index in [1.807, 2.05) is 0 Å². The summed E-state index contributed by atoms with van der Waals surface area (Å²) in [6.45, 7) is 0. The van der Waals surface area contributed by atoms with E-state index in [2.05, 4.69) is 0 Å². The van der Waals surface area contributed by atoms with Crippen molar-refractivity contribution in [3.63, 3.8) is 0 Å². The van der Waals surface area contributed by atoms with Gasteiger partial charge in [-0.15, -0.1) is 0 Å². The summed E-state index contributed by atoms with van der Waals surface area (Å²) < 4.78 is 0. The average Bonchev–Trinajstić information content (AvgIpc) is 0.722. The van der Waals surface area contributed by atoms with Gasteiger partial charge in [0.1, 0.15) is 0 Å². The van der Waals surface area contributed by atoms with Crippen molar-refractivity contribution in [3.8, 4) is 0 Å². The maximum absolute atomic E-state index is 8.66. The Balaban J connectivity index is 0. The predicted octanol–water partition coefficient (Wildman–Crippen LogP) is -3.27. The first-order chi connectivity index (χ1) is 2.00. The van der Waals surface area contributed by atoms with Crippen LogP contribution in [0.4, 0.5) is 0 Å². The van der Waals surface area contributed by atoms with Crippen LogP contribution in [0.5, 0.6) is 0 Å². The van der Waals surface area contributed by atoms with Crippen LogP contribution in [-0.2, 0) is 19.5 Å². The van der Waals surface area contributed by atoms with E-state index in [1.165, 1.54) is 0 Å². The molecule has 0 aromatic rings. The summed E-state index contributed by atoms with van der Waals surface area (Å²) in [5, 5.41) is 0. The van der Waals surface area contributed by atoms with Crippen molar-refractivity contribution in [1.29, 1.82) is 0 Å². The smallest absolute Gasteiger partial charge is 0.663 e. The van der Waals surface area contributed by atoms with Crippen molar-refractivity contribution >= 4 is 8.17 Å². The predicted molar refractivity (Wildman–Crippen MR) is 9.14 cm³/mol. The van der Waals surface area contributed by atoms with Crippen LogP contribution in [-0.4, -0.2) is 4.89 Å². The van der Waals surface area contributed by atoms with Gasteiger partial charge in [0.05, 0.1) is 0 Å². The summed E-state index contributed by atoms with van der Waals surface area (Å²) >= 11 is 0. The Morgan fingerprint density at radius 3 is 1.17 bits per heavy atom. The molecular weight excluding hydrogens is 198 g/mol. The Bertz CT molecular complexity index is 23.0. The quantitative estimate of drug-likeness (QED) is 0.327. The van der Waals surface area contributed by atoms with Gasteiger partial charge >= 0.3 is 19.5 Å². The van der Waals surface area contributed by atoms with E-state index in [1.54, 1.807) is 0 Å². The molecule has 6 heteroatoms. The fraction of sp³-hybridized carbons (Fsp3) is 0. The standard InChI is InChI=1S/H3O4P.Rh/c1-5(2,3)4;/h(H3,1,2,3,4);/q;+2/p-2. The maximum Gasteiger partial charge on any atom is 2.00 e. The Morgan fingerprint density at radius 2 is 1.17 bits per heavy atom. The monoisotopic (exact) mass is 199 g/mol. The molecule has 39 valence electrons. The molecule has 0 aliphatic carbocycles. The van der Waals surface area contributed by atoms with Gasteiger partial charge in [0.25, 0.3) is 0 Å². The molecule has 0 aliphatic heterocycles. The van der Waals surface area contributed by atoms with Crippen molar-refractivity contribution in [2.45, 2.75) is 0 Å². The second-order valence-corrected chi connectivity index (χ2v) is 1.41. The molecule has 1 N–H and O–H groups in total. The summed E-state index contributed by atoms with van der Waals surface area (Å²) in [4.78, 5) is 32.9. The first-order valence-electron chi connectivity index (χ1n) is 0.748.